The van der Waals surface area contributed by atoms with Crippen LogP contribution in [0, 0.1) is 5.92 Å². The molecule has 17 heavy (non-hydrogen) atoms. The monoisotopic (exact) mass is 274 g/mol. The maximum Gasteiger partial charge on any atom is 0.211 e. The van der Waals surface area contributed by atoms with Crippen LogP contribution in [0.25, 0.3) is 0 Å². The van der Waals surface area contributed by atoms with E-state index in [0.717, 1.165) is 18.4 Å². The number of nitrogens with zero attached hydrogens (tertiary/aromatic N) is 2. The number of rotatable bonds is 3. The van der Waals surface area contributed by atoms with Gasteiger partial charge in [0.15, 0.2) is 0 Å². The minimum Gasteiger partial charge on any atom is -0.244 e. The minimum atomic E-state index is -3.04. The lowest BCUT2D eigenvalue weighted by Crippen LogP contribution is -2.27. The molecule has 4 nitrogen and oxygen atoms in total. The first-order valence-electron chi connectivity index (χ1n) is 5.51. The third kappa shape index (κ3) is 3.40. The first kappa shape index (κ1) is 12.8. The third-order valence-corrected chi connectivity index (χ3v) is 4.52. The summed E-state index contributed by atoms with van der Waals surface area (Å²) in [6.07, 6.45) is 4.79. The van der Waals surface area contributed by atoms with Gasteiger partial charge in [-0.2, -0.15) is 0 Å². The van der Waals surface area contributed by atoms with E-state index < -0.39 is 10.0 Å². The third-order valence-electron chi connectivity index (χ3n) is 3.03. The first-order valence-corrected chi connectivity index (χ1v) is 7.73. The van der Waals surface area contributed by atoms with Gasteiger partial charge in [-0.15, -0.1) is 0 Å². The second kappa shape index (κ2) is 4.92. The molecule has 2 rings (SSSR count). The van der Waals surface area contributed by atoms with Crippen molar-refractivity contribution < 1.29 is 8.42 Å². The number of hydrogen-bond acceptors (Lipinski definition) is 3. The summed E-state index contributed by atoms with van der Waals surface area (Å²) >= 11 is 5.71. The summed E-state index contributed by atoms with van der Waals surface area (Å²) in [5, 5.41) is 0.484. The van der Waals surface area contributed by atoms with Crippen LogP contribution in [0.3, 0.4) is 0 Å². The lowest BCUT2D eigenvalue weighted by atomic mass is 10.0. The maximum absolute atomic E-state index is 11.4. The van der Waals surface area contributed by atoms with Gasteiger partial charge in [0, 0.05) is 19.3 Å². The number of halogens is 1. The molecule has 0 N–H and O–H groups in total. The highest BCUT2D eigenvalue weighted by Gasteiger charge is 2.28. The molecule has 1 fully saturated rings. The van der Waals surface area contributed by atoms with E-state index in [-0.39, 0.29) is 0 Å². The molecule has 0 spiro atoms. The smallest absolute Gasteiger partial charge is 0.211 e. The van der Waals surface area contributed by atoms with Crippen LogP contribution < -0.4 is 0 Å². The molecule has 1 unspecified atom stereocenters. The molecule has 1 aliphatic heterocycles. The Kier molecular flexibility index (Phi) is 3.70. The van der Waals surface area contributed by atoms with Crippen molar-refractivity contribution in [1.82, 2.24) is 9.29 Å². The molecule has 94 valence electrons. The van der Waals surface area contributed by atoms with Gasteiger partial charge in [0.2, 0.25) is 10.0 Å². The SMILES string of the molecule is CS(=O)(=O)N1CCC(Cc2ccc(Cl)nc2)C1. The Morgan fingerprint density at radius 1 is 1.53 bits per heavy atom. The first-order chi connectivity index (χ1) is 7.95. The van der Waals surface area contributed by atoms with Crippen molar-refractivity contribution in [3.8, 4) is 0 Å². The second-order valence-electron chi connectivity index (χ2n) is 4.47. The van der Waals surface area contributed by atoms with E-state index in [1.807, 2.05) is 6.07 Å². The molecule has 0 aliphatic carbocycles. The molecule has 1 aromatic heterocycles. The highest BCUT2D eigenvalue weighted by molar-refractivity contribution is 7.88. The maximum atomic E-state index is 11.4. The van der Waals surface area contributed by atoms with Crippen molar-refractivity contribution in [3.05, 3.63) is 29.0 Å². The normalized spacial score (nSPS) is 21.9. The zero-order valence-corrected chi connectivity index (χ0v) is 11.2. The molecule has 1 aromatic rings. The zero-order chi connectivity index (χ0) is 12.5. The fourth-order valence-corrected chi connectivity index (χ4v) is 3.16. The second-order valence-corrected chi connectivity index (χ2v) is 6.84. The Morgan fingerprint density at radius 2 is 2.29 bits per heavy atom. The van der Waals surface area contributed by atoms with Gasteiger partial charge in [0.05, 0.1) is 6.26 Å². The molecule has 0 amide bonds. The quantitative estimate of drug-likeness (QED) is 0.786. The summed E-state index contributed by atoms with van der Waals surface area (Å²) in [5.74, 6) is 0.382. The van der Waals surface area contributed by atoms with Crippen molar-refractivity contribution >= 4 is 21.6 Å². The van der Waals surface area contributed by atoms with E-state index in [1.165, 1.54) is 6.26 Å². The topological polar surface area (TPSA) is 50.3 Å². The van der Waals surface area contributed by atoms with Crippen LogP contribution >= 0.6 is 11.6 Å². The number of aromatic nitrogens is 1. The van der Waals surface area contributed by atoms with Crippen LogP contribution in [0.15, 0.2) is 18.3 Å². The van der Waals surface area contributed by atoms with Gasteiger partial charge in [0.25, 0.3) is 0 Å². The molecule has 2 heterocycles. The Morgan fingerprint density at radius 3 is 2.82 bits per heavy atom. The van der Waals surface area contributed by atoms with E-state index in [1.54, 1.807) is 16.6 Å². The van der Waals surface area contributed by atoms with Crippen molar-refractivity contribution in [1.29, 1.82) is 0 Å². The average molecular weight is 275 g/mol. The van der Waals surface area contributed by atoms with Crippen LogP contribution in [-0.2, 0) is 16.4 Å². The van der Waals surface area contributed by atoms with Gasteiger partial charge in [-0.3, -0.25) is 0 Å². The Bertz CT molecular complexity index is 487. The van der Waals surface area contributed by atoms with Crippen molar-refractivity contribution in [2.24, 2.45) is 5.92 Å². The minimum absolute atomic E-state index is 0.382. The lowest BCUT2D eigenvalue weighted by Gasteiger charge is -2.13. The summed E-state index contributed by atoms with van der Waals surface area (Å²) < 4.78 is 24.3. The molecular formula is C11H15ClN2O2S. The molecule has 0 aromatic carbocycles. The Balaban J connectivity index is 1.96. The molecule has 1 atom stereocenters. The average Bonchev–Trinajstić information content (AvgIpc) is 2.69. The Hall–Kier alpha value is -0.650. The largest absolute Gasteiger partial charge is 0.244 e. The van der Waals surface area contributed by atoms with E-state index in [0.29, 0.717) is 24.2 Å². The predicted molar refractivity (Wildman–Crippen MR) is 67.5 cm³/mol. The van der Waals surface area contributed by atoms with Crippen LogP contribution in [0.1, 0.15) is 12.0 Å². The fraction of sp³-hybridized carbons (Fsp3) is 0.545. The van der Waals surface area contributed by atoms with E-state index in [4.69, 9.17) is 11.6 Å². The molecule has 0 saturated carbocycles. The predicted octanol–water partition coefficient (Wildman–Crippen LogP) is 1.56. The molecule has 6 heteroatoms. The molecule has 1 saturated heterocycles. The molecular weight excluding hydrogens is 260 g/mol. The Labute approximate surface area is 107 Å². The summed E-state index contributed by atoms with van der Waals surface area (Å²) in [4.78, 5) is 4.02. The lowest BCUT2D eigenvalue weighted by molar-refractivity contribution is 0.460. The summed E-state index contributed by atoms with van der Waals surface area (Å²) in [7, 11) is -3.04. The van der Waals surface area contributed by atoms with Gasteiger partial charge < -0.3 is 0 Å². The highest BCUT2D eigenvalue weighted by atomic mass is 35.5. The van der Waals surface area contributed by atoms with Crippen molar-refractivity contribution in [3.63, 3.8) is 0 Å². The van der Waals surface area contributed by atoms with Gasteiger partial charge in [0.1, 0.15) is 5.15 Å². The molecule has 0 radical (unpaired) electrons. The van der Waals surface area contributed by atoms with Crippen LogP contribution in [0.2, 0.25) is 5.15 Å². The molecule has 1 aliphatic rings. The van der Waals surface area contributed by atoms with E-state index >= 15 is 0 Å². The van der Waals surface area contributed by atoms with Crippen LogP contribution in [0.5, 0.6) is 0 Å². The number of sulfonamides is 1. The number of pyridine rings is 1. The summed E-state index contributed by atoms with van der Waals surface area (Å²) in [5.41, 5.74) is 1.11. The number of hydrogen-bond donors (Lipinski definition) is 0. The van der Waals surface area contributed by atoms with Crippen molar-refractivity contribution in [2.75, 3.05) is 19.3 Å². The highest BCUT2D eigenvalue weighted by Crippen LogP contribution is 2.22. The van der Waals surface area contributed by atoms with Gasteiger partial charge in [-0.1, -0.05) is 17.7 Å². The standard InChI is InChI=1S/C11H15ClN2O2S/c1-17(15,16)14-5-4-10(8-14)6-9-2-3-11(12)13-7-9/h2-3,7,10H,4-6,8H2,1H3. The van der Waals surface area contributed by atoms with Gasteiger partial charge in [-0.05, 0) is 30.4 Å². The fourth-order valence-electron chi connectivity index (χ4n) is 2.13. The zero-order valence-electron chi connectivity index (χ0n) is 9.63. The van der Waals surface area contributed by atoms with Crippen molar-refractivity contribution in [2.45, 2.75) is 12.8 Å². The summed E-state index contributed by atoms with van der Waals surface area (Å²) in [6, 6.07) is 3.71. The van der Waals surface area contributed by atoms with Crippen LogP contribution in [-0.4, -0.2) is 37.1 Å². The van der Waals surface area contributed by atoms with E-state index in [9.17, 15) is 8.42 Å². The molecule has 0 bridgehead atoms. The summed E-state index contributed by atoms with van der Waals surface area (Å²) in [6.45, 7) is 1.24. The van der Waals surface area contributed by atoms with Gasteiger partial charge in [-0.25, -0.2) is 17.7 Å². The van der Waals surface area contributed by atoms with Gasteiger partial charge >= 0.3 is 0 Å². The van der Waals surface area contributed by atoms with E-state index in [2.05, 4.69) is 4.98 Å². The van der Waals surface area contributed by atoms with Crippen LogP contribution in [0.4, 0.5) is 0 Å².